The van der Waals surface area contributed by atoms with Gasteiger partial charge < -0.3 is 5.11 Å². The lowest BCUT2D eigenvalue weighted by atomic mass is 10.1. The van der Waals surface area contributed by atoms with Crippen molar-refractivity contribution in [3.63, 3.8) is 0 Å². The predicted octanol–water partition coefficient (Wildman–Crippen LogP) is -1.22. The summed E-state index contributed by atoms with van der Waals surface area (Å²) in [7, 11) is -6.96. The van der Waals surface area contributed by atoms with Crippen LogP contribution in [0.25, 0.3) is 0 Å². The summed E-state index contributed by atoms with van der Waals surface area (Å²) in [5.74, 6) is -1.56. The first-order chi connectivity index (χ1) is 11.1. The molecule has 0 radical (unpaired) electrons. The Morgan fingerprint density at radius 3 is 1.92 bits per heavy atom. The van der Waals surface area contributed by atoms with Crippen molar-refractivity contribution < 1.29 is 35.3 Å². The Morgan fingerprint density at radius 1 is 1.08 bits per heavy atom. The monoisotopic (exact) mass is 383 g/mol. The molecule has 0 aliphatic heterocycles. The van der Waals surface area contributed by atoms with Gasteiger partial charge in [-0.25, -0.2) is 0 Å². The highest BCUT2D eigenvalue weighted by atomic mass is 32.2. The van der Waals surface area contributed by atoms with E-state index in [4.69, 9.17) is 0 Å². The van der Waals surface area contributed by atoms with Crippen LogP contribution in [-0.2, 0) is 40.4 Å². The zero-order chi connectivity index (χ0) is 18.4. The fraction of sp³-hybridized carbons (Fsp3) is 0.364. The van der Waals surface area contributed by atoms with Crippen molar-refractivity contribution >= 4 is 26.6 Å². The van der Waals surface area contributed by atoms with Gasteiger partial charge in [0.1, 0.15) is 0 Å². The van der Waals surface area contributed by atoms with Crippen molar-refractivity contribution in [1.82, 2.24) is 14.7 Å². The van der Waals surface area contributed by atoms with Gasteiger partial charge in [-0.05, 0) is 10.8 Å². The smallest absolute Gasteiger partial charge is 0.353 e. The lowest BCUT2D eigenvalue weighted by molar-refractivity contribution is -0.276. The van der Waals surface area contributed by atoms with E-state index in [0.29, 0.717) is 5.56 Å². The molecular weight excluding hydrogens is 366 g/mol. The van der Waals surface area contributed by atoms with Gasteiger partial charge in [0, 0.05) is 20.5 Å². The van der Waals surface area contributed by atoms with Gasteiger partial charge in [-0.1, -0.05) is 30.3 Å². The van der Waals surface area contributed by atoms with Gasteiger partial charge in [-0.15, -0.1) is 8.57 Å². The Morgan fingerprint density at radius 2 is 1.54 bits per heavy atom. The van der Waals surface area contributed by atoms with Crippen LogP contribution in [0.2, 0.25) is 0 Å². The fourth-order valence-electron chi connectivity index (χ4n) is 1.47. The van der Waals surface area contributed by atoms with E-state index in [-0.39, 0.29) is 11.6 Å². The normalized spacial score (nSPS) is 13.8. The van der Waals surface area contributed by atoms with Crippen LogP contribution in [0, 0.1) is 0 Å². The number of aliphatic carboxylic acids is 1. The molecule has 0 amide bonds. The van der Waals surface area contributed by atoms with Crippen molar-refractivity contribution in [1.29, 1.82) is 0 Å². The van der Waals surface area contributed by atoms with E-state index in [0.717, 1.165) is 14.1 Å². The maximum atomic E-state index is 11.5. The minimum atomic E-state index is -4.47. The highest BCUT2D eigenvalue weighted by Crippen LogP contribution is 2.14. The van der Waals surface area contributed by atoms with Crippen molar-refractivity contribution in [2.24, 2.45) is 0 Å². The molecule has 3 N–H and O–H groups in total. The Kier molecular flexibility index (Phi) is 7.22. The zero-order valence-corrected chi connectivity index (χ0v) is 14.4. The Balaban J connectivity index is 3.17. The van der Waals surface area contributed by atoms with Crippen molar-refractivity contribution in [3.8, 4) is 0 Å². The molecule has 0 spiro atoms. The second-order valence-corrected chi connectivity index (χ2v) is 7.23. The first-order valence-electron chi connectivity index (χ1n) is 6.42. The third-order valence-corrected chi connectivity index (χ3v) is 4.34. The molecule has 0 aromatic heterocycles. The Labute approximate surface area is 139 Å². The van der Waals surface area contributed by atoms with Crippen molar-refractivity contribution in [3.05, 3.63) is 35.9 Å². The van der Waals surface area contributed by atoms with E-state index in [2.05, 4.69) is 8.57 Å². The van der Waals surface area contributed by atoms with E-state index in [9.17, 15) is 26.7 Å². The van der Waals surface area contributed by atoms with Gasteiger partial charge in [0.05, 0.1) is 0 Å². The first-order valence-corrected chi connectivity index (χ1v) is 9.24. The number of nitrogens with zero attached hydrogens (tertiary/aromatic N) is 1. The SMILES string of the molecule is CNS(=O)(=O)ON(OS(=O)(=O)NC)[C@@H](Cc1ccccc1)C(=O)O. The second-order valence-electron chi connectivity index (χ2n) is 4.29. The molecule has 1 aromatic carbocycles. The second kappa shape index (κ2) is 8.48. The summed E-state index contributed by atoms with van der Waals surface area (Å²) in [6.45, 7) is 0. The average molecular weight is 383 g/mol. The lowest BCUT2D eigenvalue weighted by Gasteiger charge is -2.24. The molecule has 0 heterocycles. The van der Waals surface area contributed by atoms with Crippen molar-refractivity contribution in [2.45, 2.75) is 12.5 Å². The molecule has 1 aromatic rings. The number of hydroxylamine groups is 2. The Bertz CT molecular complexity index is 715. The summed E-state index contributed by atoms with van der Waals surface area (Å²) < 4.78 is 58.3. The van der Waals surface area contributed by atoms with Crippen LogP contribution in [0.1, 0.15) is 5.56 Å². The molecule has 24 heavy (non-hydrogen) atoms. The first kappa shape index (κ1) is 20.4. The largest absolute Gasteiger partial charge is 0.480 e. The number of carboxylic acids is 1. The number of benzene rings is 1. The van der Waals surface area contributed by atoms with Crippen LogP contribution < -0.4 is 9.44 Å². The molecule has 0 aliphatic rings. The van der Waals surface area contributed by atoms with E-state index in [1.807, 2.05) is 0 Å². The Hall–Kier alpha value is -1.61. The summed E-state index contributed by atoms with van der Waals surface area (Å²) in [6, 6.07) is 6.35. The highest BCUT2D eigenvalue weighted by molar-refractivity contribution is 7.85. The van der Waals surface area contributed by atoms with Crippen LogP contribution in [0.15, 0.2) is 30.3 Å². The highest BCUT2D eigenvalue weighted by Gasteiger charge is 2.35. The number of carboxylic acid groups (broad SMARTS) is 1. The molecule has 11 nitrogen and oxygen atoms in total. The molecule has 0 saturated heterocycles. The van der Waals surface area contributed by atoms with Crippen LogP contribution in [0.5, 0.6) is 0 Å². The predicted molar refractivity (Wildman–Crippen MR) is 81.5 cm³/mol. The van der Waals surface area contributed by atoms with Gasteiger partial charge in [0.2, 0.25) is 0 Å². The van der Waals surface area contributed by atoms with Crippen molar-refractivity contribution in [2.75, 3.05) is 14.1 Å². The summed E-state index contributed by atoms with van der Waals surface area (Å²) in [5.41, 5.74) is 0.491. The molecule has 1 atom stereocenters. The van der Waals surface area contributed by atoms with E-state index in [1.54, 1.807) is 39.8 Å². The molecular formula is C11H17N3O8S2. The van der Waals surface area contributed by atoms with Crippen LogP contribution in [-0.4, -0.2) is 53.3 Å². The van der Waals surface area contributed by atoms with Gasteiger partial charge in [-0.2, -0.15) is 26.3 Å². The number of hydrogen-bond donors (Lipinski definition) is 3. The molecule has 1 rings (SSSR count). The van der Waals surface area contributed by atoms with Crippen LogP contribution in [0.3, 0.4) is 0 Å². The number of hydrogen-bond acceptors (Lipinski definition) is 8. The molecule has 0 saturated carbocycles. The maximum absolute atomic E-state index is 11.5. The standard InChI is InChI=1S/C11H17N3O8S2/c1-12-23(17,18)21-14(22-24(19,20)13-2)10(11(15)16)8-9-6-4-3-5-7-9/h3-7,10,12-13H,8H2,1-2H3,(H,15,16)/t10-/m0/s1. The molecule has 0 aliphatic carbocycles. The third kappa shape index (κ3) is 6.48. The molecule has 136 valence electrons. The fourth-order valence-corrected chi connectivity index (χ4v) is 2.32. The molecule has 0 fully saturated rings. The lowest BCUT2D eigenvalue weighted by Crippen LogP contribution is -2.47. The molecule has 13 heteroatoms. The minimum absolute atomic E-state index is 0.104. The summed E-state index contributed by atoms with van der Waals surface area (Å²) in [6.07, 6.45) is -0.283. The van der Waals surface area contributed by atoms with Crippen LogP contribution >= 0.6 is 0 Å². The van der Waals surface area contributed by atoms with Crippen LogP contribution in [0.4, 0.5) is 0 Å². The van der Waals surface area contributed by atoms with Gasteiger partial charge in [0.15, 0.2) is 6.04 Å². The van der Waals surface area contributed by atoms with Gasteiger partial charge >= 0.3 is 26.6 Å². The molecule has 0 unspecified atom stereocenters. The zero-order valence-electron chi connectivity index (χ0n) is 12.7. The van der Waals surface area contributed by atoms with Gasteiger partial charge in [0.25, 0.3) is 0 Å². The van der Waals surface area contributed by atoms with E-state index < -0.39 is 32.6 Å². The average Bonchev–Trinajstić information content (AvgIpc) is 2.52. The minimum Gasteiger partial charge on any atom is -0.480 e. The number of rotatable bonds is 10. The quantitative estimate of drug-likeness (QED) is 0.422. The van der Waals surface area contributed by atoms with E-state index >= 15 is 0 Å². The summed E-state index contributed by atoms with van der Waals surface area (Å²) in [5, 5.41) is 9.21. The maximum Gasteiger partial charge on any atom is 0.353 e. The van der Waals surface area contributed by atoms with E-state index in [1.165, 1.54) is 0 Å². The molecule has 0 bridgehead atoms. The number of carbonyl (C=O) groups is 1. The summed E-state index contributed by atoms with van der Waals surface area (Å²) >= 11 is 0. The number of nitrogens with one attached hydrogen (secondary N) is 2. The topological polar surface area (TPSA) is 151 Å². The summed E-state index contributed by atoms with van der Waals surface area (Å²) in [4.78, 5) is 11.5. The van der Waals surface area contributed by atoms with Gasteiger partial charge in [-0.3, -0.25) is 4.79 Å². The third-order valence-electron chi connectivity index (χ3n) is 2.65.